The fourth-order valence-electron chi connectivity index (χ4n) is 1.27. The van der Waals surface area contributed by atoms with Crippen LogP contribution in [0.15, 0.2) is 6.07 Å². The molecule has 0 spiro atoms. The Morgan fingerprint density at radius 2 is 2.29 bits per heavy atom. The van der Waals surface area contributed by atoms with Crippen molar-refractivity contribution in [3.05, 3.63) is 11.9 Å². The zero-order chi connectivity index (χ0) is 12.7. The van der Waals surface area contributed by atoms with Crippen LogP contribution in [-0.4, -0.2) is 29.2 Å². The third-order valence-electron chi connectivity index (χ3n) is 1.92. The van der Waals surface area contributed by atoms with E-state index in [-0.39, 0.29) is 6.61 Å². The number of amides is 1. The number of nitrogens with two attached hydrogens (primary N) is 2. The van der Waals surface area contributed by atoms with Gasteiger partial charge < -0.3 is 21.5 Å². The van der Waals surface area contributed by atoms with Gasteiger partial charge in [0.15, 0.2) is 0 Å². The number of hydrogen-bond acceptors (Lipinski definition) is 6. The minimum absolute atomic E-state index is 0.183. The van der Waals surface area contributed by atoms with Crippen molar-refractivity contribution in [1.82, 2.24) is 9.97 Å². The summed E-state index contributed by atoms with van der Waals surface area (Å²) in [6.45, 7) is 2.65. The standard InChI is InChI=1S/C10H17N5O2/c1-2-3-8-14-7(11)6-9(15-8)13-4-5-17-10(12)16/h6H,2-5H2,1H3,(H2,12,16)(H3,11,13,14,15). The van der Waals surface area contributed by atoms with Gasteiger partial charge in [-0.25, -0.2) is 14.8 Å². The Morgan fingerprint density at radius 1 is 1.53 bits per heavy atom. The topological polar surface area (TPSA) is 116 Å². The first-order valence-electron chi connectivity index (χ1n) is 5.41. The highest BCUT2D eigenvalue weighted by molar-refractivity contribution is 5.64. The molecule has 94 valence electrons. The number of hydrogen-bond donors (Lipinski definition) is 3. The zero-order valence-electron chi connectivity index (χ0n) is 9.77. The van der Waals surface area contributed by atoms with E-state index >= 15 is 0 Å². The first-order valence-corrected chi connectivity index (χ1v) is 5.41. The molecule has 1 amide bonds. The number of aromatic nitrogens is 2. The second-order valence-corrected chi connectivity index (χ2v) is 3.44. The van der Waals surface area contributed by atoms with Crippen LogP contribution in [0.4, 0.5) is 16.4 Å². The average Bonchev–Trinajstić information content (AvgIpc) is 2.24. The van der Waals surface area contributed by atoms with Crippen LogP contribution in [0.3, 0.4) is 0 Å². The maximum atomic E-state index is 10.3. The number of carbonyl (C=O) groups is 1. The van der Waals surface area contributed by atoms with Crippen LogP contribution in [0, 0.1) is 0 Å². The predicted octanol–water partition coefficient (Wildman–Crippen LogP) is 0.519. The molecule has 5 N–H and O–H groups in total. The lowest BCUT2D eigenvalue weighted by Crippen LogP contribution is -2.19. The molecule has 0 radical (unpaired) electrons. The number of nitrogen functional groups attached to an aromatic ring is 1. The number of anilines is 2. The number of ether oxygens (including phenoxy) is 1. The van der Waals surface area contributed by atoms with Crippen LogP contribution in [0.1, 0.15) is 19.2 Å². The average molecular weight is 239 g/mol. The van der Waals surface area contributed by atoms with Crippen LogP contribution in [-0.2, 0) is 11.2 Å². The molecule has 0 atom stereocenters. The van der Waals surface area contributed by atoms with Gasteiger partial charge in [0, 0.05) is 12.5 Å². The lowest BCUT2D eigenvalue weighted by molar-refractivity contribution is 0.161. The number of primary amides is 1. The van der Waals surface area contributed by atoms with Crippen LogP contribution >= 0.6 is 0 Å². The molecule has 0 unspecified atom stereocenters. The van der Waals surface area contributed by atoms with E-state index in [2.05, 4.69) is 20.0 Å². The summed E-state index contributed by atoms with van der Waals surface area (Å²) in [4.78, 5) is 18.7. The monoisotopic (exact) mass is 239 g/mol. The molecule has 0 aliphatic rings. The van der Waals surface area contributed by atoms with E-state index in [9.17, 15) is 4.79 Å². The first-order chi connectivity index (χ1) is 8.11. The lowest BCUT2D eigenvalue weighted by Gasteiger charge is -2.07. The fraction of sp³-hybridized carbons (Fsp3) is 0.500. The normalized spacial score (nSPS) is 9.94. The van der Waals surface area contributed by atoms with Crippen LogP contribution in [0.2, 0.25) is 0 Å². The molecule has 0 aromatic carbocycles. The second-order valence-electron chi connectivity index (χ2n) is 3.44. The smallest absolute Gasteiger partial charge is 0.404 e. The molecule has 1 aromatic rings. The number of carbonyl (C=O) groups excluding carboxylic acids is 1. The van der Waals surface area contributed by atoms with Gasteiger partial charge in [-0.05, 0) is 6.42 Å². The largest absolute Gasteiger partial charge is 0.448 e. The van der Waals surface area contributed by atoms with Crippen molar-refractivity contribution in [3.63, 3.8) is 0 Å². The molecule has 0 aliphatic carbocycles. The minimum Gasteiger partial charge on any atom is -0.448 e. The van der Waals surface area contributed by atoms with Crippen molar-refractivity contribution in [2.24, 2.45) is 5.73 Å². The third-order valence-corrected chi connectivity index (χ3v) is 1.92. The molecule has 1 rings (SSSR count). The molecule has 0 saturated carbocycles. The molecular weight excluding hydrogens is 222 g/mol. The van der Waals surface area contributed by atoms with Crippen LogP contribution < -0.4 is 16.8 Å². The molecule has 0 saturated heterocycles. The van der Waals surface area contributed by atoms with Gasteiger partial charge in [-0.3, -0.25) is 0 Å². The van der Waals surface area contributed by atoms with Crippen molar-refractivity contribution in [3.8, 4) is 0 Å². The quantitative estimate of drug-likeness (QED) is 0.623. The Labute approximate surface area is 99.6 Å². The fourth-order valence-corrected chi connectivity index (χ4v) is 1.27. The van der Waals surface area contributed by atoms with Crippen LogP contribution in [0.25, 0.3) is 0 Å². The zero-order valence-corrected chi connectivity index (χ0v) is 9.77. The van der Waals surface area contributed by atoms with Gasteiger partial charge in [-0.2, -0.15) is 0 Å². The molecule has 7 heteroatoms. The Morgan fingerprint density at radius 3 is 2.94 bits per heavy atom. The molecule has 1 aromatic heterocycles. The van der Waals surface area contributed by atoms with E-state index < -0.39 is 6.09 Å². The van der Waals surface area contributed by atoms with Crippen molar-refractivity contribution in [2.45, 2.75) is 19.8 Å². The molecule has 0 aliphatic heterocycles. The highest BCUT2D eigenvalue weighted by Crippen LogP contribution is 2.09. The van der Waals surface area contributed by atoms with Crippen molar-refractivity contribution < 1.29 is 9.53 Å². The summed E-state index contributed by atoms with van der Waals surface area (Å²) in [6.07, 6.45) is 0.936. The summed E-state index contributed by atoms with van der Waals surface area (Å²) >= 11 is 0. The summed E-state index contributed by atoms with van der Waals surface area (Å²) < 4.78 is 4.57. The van der Waals surface area contributed by atoms with E-state index in [1.54, 1.807) is 6.07 Å². The van der Waals surface area contributed by atoms with Gasteiger partial charge in [0.2, 0.25) is 0 Å². The van der Waals surface area contributed by atoms with Gasteiger partial charge in [0.25, 0.3) is 0 Å². The summed E-state index contributed by atoms with van der Waals surface area (Å²) in [5.74, 6) is 1.74. The number of nitrogens with zero attached hydrogens (tertiary/aromatic N) is 2. The molecular formula is C10H17N5O2. The third kappa shape index (κ3) is 5.01. The summed E-state index contributed by atoms with van der Waals surface area (Å²) in [7, 11) is 0. The molecule has 7 nitrogen and oxygen atoms in total. The maximum Gasteiger partial charge on any atom is 0.404 e. The molecule has 0 fully saturated rings. The number of aryl methyl sites for hydroxylation is 1. The van der Waals surface area contributed by atoms with Gasteiger partial charge >= 0.3 is 6.09 Å². The Kier molecular flexibility index (Phi) is 4.99. The molecule has 17 heavy (non-hydrogen) atoms. The molecule has 0 bridgehead atoms. The number of nitrogens with one attached hydrogen (secondary N) is 1. The number of rotatable bonds is 6. The van der Waals surface area contributed by atoms with Crippen molar-refractivity contribution >= 4 is 17.7 Å². The summed E-state index contributed by atoms with van der Waals surface area (Å²) in [6, 6.07) is 1.63. The van der Waals surface area contributed by atoms with Gasteiger partial charge in [0.1, 0.15) is 24.1 Å². The Bertz CT molecular complexity index is 383. The minimum atomic E-state index is -0.791. The predicted molar refractivity (Wildman–Crippen MR) is 64.5 cm³/mol. The van der Waals surface area contributed by atoms with Crippen molar-refractivity contribution in [1.29, 1.82) is 0 Å². The second kappa shape index (κ2) is 6.51. The van der Waals surface area contributed by atoms with E-state index in [4.69, 9.17) is 11.5 Å². The van der Waals surface area contributed by atoms with E-state index in [0.717, 1.165) is 12.8 Å². The van der Waals surface area contributed by atoms with Gasteiger partial charge in [0.05, 0.1) is 6.54 Å². The van der Waals surface area contributed by atoms with E-state index in [0.29, 0.717) is 24.0 Å². The Balaban J connectivity index is 2.49. The maximum absolute atomic E-state index is 10.3. The van der Waals surface area contributed by atoms with Crippen LogP contribution in [0.5, 0.6) is 0 Å². The van der Waals surface area contributed by atoms with E-state index in [1.807, 2.05) is 6.92 Å². The summed E-state index contributed by atoms with van der Waals surface area (Å²) in [5, 5.41) is 2.98. The summed E-state index contributed by atoms with van der Waals surface area (Å²) in [5.41, 5.74) is 10.5. The highest BCUT2D eigenvalue weighted by Gasteiger charge is 2.02. The Hall–Kier alpha value is -2.05. The molecule has 1 heterocycles. The van der Waals surface area contributed by atoms with Gasteiger partial charge in [-0.15, -0.1) is 0 Å². The highest BCUT2D eigenvalue weighted by atomic mass is 16.5. The van der Waals surface area contributed by atoms with E-state index in [1.165, 1.54) is 0 Å². The first kappa shape index (κ1) is 13.0. The lowest BCUT2D eigenvalue weighted by atomic mass is 10.3. The van der Waals surface area contributed by atoms with Crippen molar-refractivity contribution in [2.75, 3.05) is 24.2 Å². The SMILES string of the molecule is CCCc1nc(N)cc(NCCOC(N)=O)n1. The van der Waals surface area contributed by atoms with Gasteiger partial charge in [-0.1, -0.05) is 6.92 Å².